The van der Waals surface area contributed by atoms with Crippen LogP contribution in [-0.4, -0.2) is 15.5 Å². The zero-order valence-corrected chi connectivity index (χ0v) is 15.3. The smallest absolute Gasteiger partial charge is 0.274 e. The summed E-state index contributed by atoms with van der Waals surface area (Å²) >= 11 is 0. The Labute approximate surface area is 166 Å². The molecular weight excluding hydrogens is 365 g/mol. The summed E-state index contributed by atoms with van der Waals surface area (Å²) in [4.78, 5) is 16.8. The Balaban J connectivity index is 1.68. The van der Waals surface area contributed by atoms with Gasteiger partial charge in [0.1, 0.15) is 11.5 Å². The molecule has 0 radical (unpaired) electrons. The minimum absolute atomic E-state index is 0.267. The van der Waals surface area contributed by atoms with Crippen LogP contribution in [-0.2, 0) is 0 Å². The Kier molecular flexibility index (Phi) is 4.06. The van der Waals surface area contributed by atoms with Crippen LogP contribution in [0.2, 0.25) is 0 Å². The van der Waals surface area contributed by atoms with Crippen molar-refractivity contribution in [1.29, 1.82) is 0 Å². The molecule has 0 atom stereocenters. The van der Waals surface area contributed by atoms with Crippen LogP contribution >= 0.6 is 0 Å². The second kappa shape index (κ2) is 6.87. The largest absolute Gasteiger partial charge is 0.320 e. The second-order valence-corrected chi connectivity index (χ2v) is 6.74. The van der Waals surface area contributed by atoms with Gasteiger partial charge in [0, 0.05) is 23.2 Å². The van der Waals surface area contributed by atoms with Gasteiger partial charge in [0.25, 0.3) is 5.91 Å². The first-order valence-electron chi connectivity index (χ1n) is 9.22. The summed E-state index contributed by atoms with van der Waals surface area (Å²) in [6, 6.07) is 23.6. The Bertz CT molecular complexity index is 1350. The molecule has 0 unspecified atom stereocenters. The van der Waals surface area contributed by atoms with Gasteiger partial charge in [-0.05, 0) is 53.9 Å². The van der Waals surface area contributed by atoms with Crippen molar-refractivity contribution in [2.45, 2.75) is 0 Å². The zero-order chi connectivity index (χ0) is 19.8. The Morgan fingerprint density at radius 3 is 2.59 bits per heavy atom. The number of pyridine rings is 1. The quantitative estimate of drug-likeness (QED) is 0.444. The number of nitrogens with zero attached hydrogens (tertiary/aromatic N) is 2. The van der Waals surface area contributed by atoms with Gasteiger partial charge in [-0.2, -0.15) is 0 Å². The fraction of sp³-hybridized carbons (Fsp3) is 0. The van der Waals surface area contributed by atoms with Gasteiger partial charge in [-0.3, -0.25) is 9.78 Å². The average Bonchev–Trinajstić information content (AvgIpc) is 3.17. The molecule has 4 nitrogen and oxygen atoms in total. The standard InChI is InChI=1S/C24H16FN3O/c25-18-10-11-21-17(15-18)12-14-28(21)22-9-4-6-16-5-3-8-19(23(16)22)27-24(29)20-7-1-2-13-26-20/h1-15H,(H,27,29). The summed E-state index contributed by atoms with van der Waals surface area (Å²) in [6.07, 6.45) is 3.50. The Hall–Kier alpha value is -3.99. The number of anilines is 1. The SMILES string of the molecule is O=C(Nc1cccc2cccc(-n3ccc4cc(F)ccc43)c12)c1ccccn1. The van der Waals surface area contributed by atoms with Crippen LogP contribution in [0.3, 0.4) is 0 Å². The summed E-state index contributed by atoms with van der Waals surface area (Å²) in [5.41, 5.74) is 2.84. The normalized spacial score (nSPS) is 11.1. The van der Waals surface area contributed by atoms with E-state index in [9.17, 15) is 9.18 Å². The maximum absolute atomic E-state index is 13.6. The van der Waals surface area contributed by atoms with E-state index in [-0.39, 0.29) is 11.7 Å². The van der Waals surface area contributed by atoms with Gasteiger partial charge in [-0.1, -0.05) is 30.3 Å². The molecule has 0 saturated carbocycles. The maximum Gasteiger partial charge on any atom is 0.274 e. The second-order valence-electron chi connectivity index (χ2n) is 6.74. The third-order valence-corrected chi connectivity index (χ3v) is 4.94. The third kappa shape index (κ3) is 3.02. The Morgan fingerprint density at radius 1 is 0.897 bits per heavy atom. The van der Waals surface area contributed by atoms with Gasteiger partial charge < -0.3 is 9.88 Å². The molecule has 1 N–H and O–H groups in total. The van der Waals surface area contributed by atoms with Crippen molar-refractivity contribution in [3.05, 3.63) is 103 Å². The topological polar surface area (TPSA) is 46.9 Å². The summed E-state index contributed by atoms with van der Waals surface area (Å²) in [7, 11) is 0. The lowest BCUT2D eigenvalue weighted by molar-refractivity contribution is 0.102. The molecule has 0 aliphatic heterocycles. The molecule has 5 heteroatoms. The molecule has 3 aromatic carbocycles. The lowest BCUT2D eigenvalue weighted by Crippen LogP contribution is -2.14. The van der Waals surface area contributed by atoms with E-state index in [0.29, 0.717) is 11.4 Å². The molecule has 0 spiro atoms. The average molecular weight is 381 g/mol. The van der Waals surface area contributed by atoms with Crippen molar-refractivity contribution in [3.63, 3.8) is 0 Å². The molecule has 2 heterocycles. The first kappa shape index (κ1) is 17.1. The monoisotopic (exact) mass is 381 g/mol. The van der Waals surface area contributed by atoms with Crippen LogP contribution in [0.15, 0.2) is 91.3 Å². The highest BCUT2D eigenvalue weighted by Gasteiger charge is 2.14. The molecule has 0 aliphatic carbocycles. The highest BCUT2D eigenvalue weighted by molar-refractivity contribution is 6.10. The van der Waals surface area contributed by atoms with Gasteiger partial charge in [-0.15, -0.1) is 0 Å². The minimum Gasteiger partial charge on any atom is -0.320 e. The predicted octanol–water partition coefficient (Wildman–Crippen LogP) is 5.57. The number of aromatic nitrogens is 2. The van der Waals surface area contributed by atoms with E-state index in [1.165, 1.54) is 12.1 Å². The van der Waals surface area contributed by atoms with Crippen molar-refractivity contribution >= 4 is 33.3 Å². The lowest BCUT2D eigenvalue weighted by atomic mass is 10.1. The third-order valence-electron chi connectivity index (χ3n) is 4.94. The van der Waals surface area contributed by atoms with Crippen LogP contribution in [0.1, 0.15) is 10.5 Å². The summed E-state index contributed by atoms with van der Waals surface area (Å²) < 4.78 is 15.6. The van der Waals surface area contributed by atoms with E-state index in [4.69, 9.17) is 0 Å². The molecule has 0 fully saturated rings. The number of carbonyl (C=O) groups excluding carboxylic acids is 1. The van der Waals surface area contributed by atoms with Crippen molar-refractivity contribution in [2.75, 3.05) is 5.32 Å². The maximum atomic E-state index is 13.6. The number of amides is 1. The highest BCUT2D eigenvalue weighted by Crippen LogP contribution is 2.32. The number of fused-ring (bicyclic) bond motifs is 2. The van der Waals surface area contributed by atoms with E-state index in [0.717, 1.165) is 27.4 Å². The summed E-state index contributed by atoms with van der Waals surface area (Å²) in [6.45, 7) is 0. The molecule has 5 aromatic rings. The van der Waals surface area contributed by atoms with E-state index in [1.54, 1.807) is 30.5 Å². The van der Waals surface area contributed by atoms with Gasteiger partial charge in [0.2, 0.25) is 0 Å². The van der Waals surface area contributed by atoms with Crippen LogP contribution in [0.25, 0.3) is 27.4 Å². The van der Waals surface area contributed by atoms with Crippen molar-refractivity contribution in [3.8, 4) is 5.69 Å². The van der Waals surface area contributed by atoms with E-state index >= 15 is 0 Å². The first-order chi connectivity index (χ1) is 14.2. The van der Waals surface area contributed by atoms with Gasteiger partial charge in [0.05, 0.1) is 16.9 Å². The number of rotatable bonds is 3. The highest BCUT2D eigenvalue weighted by atomic mass is 19.1. The number of carbonyl (C=O) groups is 1. The fourth-order valence-corrected chi connectivity index (χ4v) is 3.63. The van der Waals surface area contributed by atoms with Gasteiger partial charge >= 0.3 is 0 Å². The molecule has 0 aliphatic rings. The molecule has 140 valence electrons. The summed E-state index contributed by atoms with van der Waals surface area (Å²) in [5.74, 6) is -0.538. The van der Waals surface area contributed by atoms with E-state index in [1.807, 2.05) is 53.2 Å². The van der Waals surface area contributed by atoms with Crippen molar-refractivity contribution in [1.82, 2.24) is 9.55 Å². The molecule has 0 bridgehead atoms. The number of nitrogens with one attached hydrogen (secondary N) is 1. The van der Waals surface area contributed by atoms with E-state index < -0.39 is 0 Å². The van der Waals surface area contributed by atoms with Gasteiger partial charge in [0.15, 0.2) is 0 Å². The van der Waals surface area contributed by atoms with Crippen molar-refractivity contribution < 1.29 is 9.18 Å². The minimum atomic E-state index is -0.271. The number of halogens is 1. The molecule has 2 aromatic heterocycles. The molecular formula is C24H16FN3O. The van der Waals surface area contributed by atoms with Crippen LogP contribution in [0.4, 0.5) is 10.1 Å². The zero-order valence-electron chi connectivity index (χ0n) is 15.3. The number of hydrogen-bond donors (Lipinski definition) is 1. The van der Waals surface area contributed by atoms with Crippen LogP contribution in [0, 0.1) is 5.82 Å². The molecule has 0 saturated heterocycles. The van der Waals surface area contributed by atoms with Gasteiger partial charge in [-0.25, -0.2) is 4.39 Å². The number of benzene rings is 3. The molecule has 1 amide bonds. The fourth-order valence-electron chi connectivity index (χ4n) is 3.63. The molecule has 29 heavy (non-hydrogen) atoms. The predicted molar refractivity (Wildman–Crippen MR) is 113 cm³/mol. The summed E-state index contributed by atoms with van der Waals surface area (Å²) in [5, 5.41) is 5.70. The van der Waals surface area contributed by atoms with Crippen LogP contribution < -0.4 is 5.32 Å². The lowest BCUT2D eigenvalue weighted by Gasteiger charge is -2.14. The number of hydrogen-bond acceptors (Lipinski definition) is 2. The first-order valence-corrected chi connectivity index (χ1v) is 9.22. The van der Waals surface area contributed by atoms with E-state index in [2.05, 4.69) is 10.3 Å². The van der Waals surface area contributed by atoms with Crippen LogP contribution in [0.5, 0.6) is 0 Å². The van der Waals surface area contributed by atoms with Crippen molar-refractivity contribution in [2.24, 2.45) is 0 Å². The molecule has 5 rings (SSSR count). The Morgan fingerprint density at radius 2 is 1.76 bits per heavy atom.